The molecule has 0 aliphatic rings. The number of sulfonamides is 1. The second-order valence-electron chi connectivity index (χ2n) is 6.83. The van der Waals surface area contributed by atoms with Gasteiger partial charge in [0.05, 0.1) is 34.8 Å². The monoisotopic (exact) mass is 470 g/mol. The SMILES string of the molecule is C=CCN(c1ccc(OC)cc1)S(=O)(=O)c1ccc(Cl)c(C(=O)NCc2ccccc2)c1. The highest BCUT2D eigenvalue weighted by molar-refractivity contribution is 7.92. The van der Waals surface area contributed by atoms with Crippen LogP contribution in [0.5, 0.6) is 5.75 Å². The van der Waals surface area contributed by atoms with Crippen molar-refractivity contribution in [2.24, 2.45) is 0 Å². The Kier molecular flexibility index (Phi) is 7.56. The summed E-state index contributed by atoms with van der Waals surface area (Å²) in [4.78, 5) is 12.7. The summed E-state index contributed by atoms with van der Waals surface area (Å²) in [5.74, 6) is 0.143. The molecule has 32 heavy (non-hydrogen) atoms. The molecule has 0 fully saturated rings. The quantitative estimate of drug-likeness (QED) is 0.461. The molecule has 0 aromatic heterocycles. The van der Waals surface area contributed by atoms with Crippen LogP contribution in [0, 0.1) is 0 Å². The van der Waals surface area contributed by atoms with E-state index < -0.39 is 15.9 Å². The zero-order valence-corrected chi connectivity index (χ0v) is 19.1. The van der Waals surface area contributed by atoms with E-state index in [2.05, 4.69) is 11.9 Å². The summed E-state index contributed by atoms with van der Waals surface area (Å²) in [6.07, 6.45) is 1.49. The molecule has 0 radical (unpaired) electrons. The van der Waals surface area contributed by atoms with Crippen LogP contribution in [-0.2, 0) is 16.6 Å². The average Bonchev–Trinajstić information content (AvgIpc) is 2.82. The first-order valence-electron chi connectivity index (χ1n) is 9.76. The van der Waals surface area contributed by atoms with Crippen LogP contribution >= 0.6 is 11.6 Å². The summed E-state index contributed by atoms with van der Waals surface area (Å²) in [7, 11) is -2.46. The third-order valence-corrected chi connectivity index (χ3v) is 6.84. The Hall–Kier alpha value is -3.29. The second kappa shape index (κ2) is 10.3. The molecule has 3 aromatic rings. The number of methoxy groups -OCH3 is 1. The highest BCUT2D eigenvalue weighted by atomic mass is 35.5. The normalized spacial score (nSPS) is 10.9. The van der Waals surface area contributed by atoms with E-state index in [-0.39, 0.29) is 22.0 Å². The molecule has 0 bridgehead atoms. The van der Waals surface area contributed by atoms with Crippen molar-refractivity contribution >= 4 is 33.2 Å². The molecule has 1 N–H and O–H groups in total. The van der Waals surface area contributed by atoms with E-state index in [1.54, 1.807) is 24.3 Å². The Morgan fingerprint density at radius 3 is 2.41 bits per heavy atom. The van der Waals surface area contributed by atoms with Gasteiger partial charge in [-0.2, -0.15) is 0 Å². The highest BCUT2D eigenvalue weighted by Crippen LogP contribution is 2.28. The summed E-state index contributed by atoms with van der Waals surface area (Å²) in [5, 5.41) is 2.93. The fraction of sp³-hybridized carbons (Fsp3) is 0.125. The molecule has 0 saturated heterocycles. The van der Waals surface area contributed by atoms with Crippen LogP contribution in [0.25, 0.3) is 0 Å². The smallest absolute Gasteiger partial charge is 0.264 e. The molecule has 3 aromatic carbocycles. The number of ether oxygens (including phenoxy) is 1. The first-order chi connectivity index (χ1) is 15.4. The zero-order valence-electron chi connectivity index (χ0n) is 17.5. The van der Waals surface area contributed by atoms with Crippen molar-refractivity contribution in [2.45, 2.75) is 11.4 Å². The molecule has 3 rings (SSSR count). The number of benzene rings is 3. The minimum absolute atomic E-state index is 0.0484. The van der Waals surface area contributed by atoms with E-state index in [1.165, 1.54) is 35.7 Å². The fourth-order valence-electron chi connectivity index (χ4n) is 3.05. The summed E-state index contributed by atoms with van der Waals surface area (Å²) < 4.78 is 33.2. The molecule has 0 aliphatic heterocycles. The fourth-order valence-corrected chi connectivity index (χ4v) is 4.71. The van der Waals surface area contributed by atoms with Gasteiger partial charge in [0.25, 0.3) is 15.9 Å². The van der Waals surface area contributed by atoms with Crippen LogP contribution in [0.4, 0.5) is 5.69 Å². The molecule has 0 saturated carbocycles. The van der Waals surface area contributed by atoms with Crippen molar-refractivity contribution in [2.75, 3.05) is 18.0 Å². The molecule has 0 spiro atoms. The third-order valence-electron chi connectivity index (χ3n) is 4.72. The number of hydrogen-bond donors (Lipinski definition) is 1. The number of anilines is 1. The number of amides is 1. The molecule has 0 atom stereocenters. The summed E-state index contributed by atoms with van der Waals surface area (Å²) in [6, 6.07) is 20.1. The lowest BCUT2D eigenvalue weighted by Gasteiger charge is -2.23. The molecule has 0 unspecified atom stereocenters. The van der Waals surface area contributed by atoms with E-state index in [0.29, 0.717) is 18.0 Å². The van der Waals surface area contributed by atoms with Gasteiger partial charge in [-0.05, 0) is 48.0 Å². The van der Waals surface area contributed by atoms with Crippen LogP contribution in [0.3, 0.4) is 0 Å². The van der Waals surface area contributed by atoms with E-state index in [0.717, 1.165) is 5.56 Å². The predicted octanol–water partition coefficient (Wildman–Crippen LogP) is 4.66. The Morgan fingerprint density at radius 1 is 1.09 bits per heavy atom. The van der Waals surface area contributed by atoms with Gasteiger partial charge in [0.2, 0.25) is 0 Å². The number of nitrogens with zero attached hydrogens (tertiary/aromatic N) is 1. The number of nitrogens with one attached hydrogen (secondary N) is 1. The highest BCUT2D eigenvalue weighted by Gasteiger charge is 2.26. The van der Waals surface area contributed by atoms with Crippen LogP contribution in [0.1, 0.15) is 15.9 Å². The van der Waals surface area contributed by atoms with Crippen molar-refractivity contribution < 1.29 is 17.9 Å². The van der Waals surface area contributed by atoms with Crippen LogP contribution < -0.4 is 14.4 Å². The van der Waals surface area contributed by atoms with Gasteiger partial charge in [0.1, 0.15) is 5.75 Å². The van der Waals surface area contributed by atoms with Gasteiger partial charge < -0.3 is 10.1 Å². The predicted molar refractivity (Wildman–Crippen MR) is 127 cm³/mol. The van der Waals surface area contributed by atoms with Crippen molar-refractivity contribution in [3.63, 3.8) is 0 Å². The summed E-state index contributed by atoms with van der Waals surface area (Å²) in [5.41, 5.74) is 1.44. The van der Waals surface area contributed by atoms with Gasteiger partial charge in [-0.1, -0.05) is 48.0 Å². The molecular weight excluding hydrogens is 448 g/mol. The average molecular weight is 471 g/mol. The van der Waals surface area contributed by atoms with Crippen molar-refractivity contribution in [3.8, 4) is 5.75 Å². The van der Waals surface area contributed by atoms with Gasteiger partial charge in [0.15, 0.2) is 0 Å². The van der Waals surface area contributed by atoms with E-state index in [4.69, 9.17) is 16.3 Å². The molecule has 0 heterocycles. The van der Waals surface area contributed by atoms with E-state index in [9.17, 15) is 13.2 Å². The maximum atomic E-state index is 13.4. The first-order valence-corrected chi connectivity index (χ1v) is 11.6. The van der Waals surface area contributed by atoms with E-state index >= 15 is 0 Å². The van der Waals surface area contributed by atoms with Gasteiger partial charge in [-0.3, -0.25) is 9.10 Å². The third kappa shape index (κ3) is 5.30. The van der Waals surface area contributed by atoms with Crippen molar-refractivity contribution in [1.29, 1.82) is 0 Å². The number of rotatable bonds is 9. The molecule has 0 aliphatic carbocycles. The molecule has 8 heteroatoms. The molecule has 1 amide bonds. The Bertz CT molecular complexity index is 1200. The molecular formula is C24H23ClN2O4S. The lowest BCUT2D eigenvalue weighted by Crippen LogP contribution is -2.31. The topological polar surface area (TPSA) is 75.7 Å². The number of carbonyl (C=O) groups excluding carboxylic acids is 1. The van der Waals surface area contributed by atoms with Crippen molar-refractivity contribution in [3.05, 3.63) is 102 Å². The van der Waals surface area contributed by atoms with Crippen molar-refractivity contribution in [1.82, 2.24) is 5.32 Å². The lowest BCUT2D eigenvalue weighted by molar-refractivity contribution is 0.0951. The minimum Gasteiger partial charge on any atom is -0.497 e. The Balaban J connectivity index is 1.90. The second-order valence-corrected chi connectivity index (χ2v) is 9.10. The minimum atomic E-state index is -3.99. The van der Waals surface area contributed by atoms with Gasteiger partial charge in [-0.25, -0.2) is 8.42 Å². The van der Waals surface area contributed by atoms with Gasteiger partial charge >= 0.3 is 0 Å². The lowest BCUT2D eigenvalue weighted by atomic mass is 10.2. The number of hydrogen-bond acceptors (Lipinski definition) is 4. The largest absolute Gasteiger partial charge is 0.497 e. The molecule has 6 nitrogen and oxygen atoms in total. The van der Waals surface area contributed by atoms with Crippen LogP contribution in [0.2, 0.25) is 5.02 Å². The van der Waals surface area contributed by atoms with Gasteiger partial charge in [0, 0.05) is 6.54 Å². The van der Waals surface area contributed by atoms with Crippen LogP contribution in [-0.4, -0.2) is 28.0 Å². The maximum Gasteiger partial charge on any atom is 0.264 e. The van der Waals surface area contributed by atoms with E-state index in [1.807, 2.05) is 30.3 Å². The molecule has 166 valence electrons. The Morgan fingerprint density at radius 2 is 1.78 bits per heavy atom. The summed E-state index contributed by atoms with van der Waals surface area (Å²) >= 11 is 6.21. The first kappa shape index (κ1) is 23.4. The summed E-state index contributed by atoms with van der Waals surface area (Å²) in [6.45, 7) is 4.01. The maximum absolute atomic E-state index is 13.4. The number of halogens is 1. The zero-order chi connectivity index (χ0) is 23.1. The Labute approximate surface area is 193 Å². The van der Waals surface area contributed by atoms with Gasteiger partial charge in [-0.15, -0.1) is 6.58 Å². The standard InChI is InChI=1S/C24H23ClN2O4S/c1-3-15-27(19-9-11-20(31-2)12-10-19)32(29,30)21-13-14-23(25)22(16-21)24(28)26-17-18-7-5-4-6-8-18/h3-14,16H,1,15,17H2,2H3,(H,26,28). The number of carbonyl (C=O) groups is 1. The van der Waals surface area contributed by atoms with Crippen LogP contribution in [0.15, 0.2) is 90.3 Å².